The molecule has 1 fully saturated rings. The van der Waals surface area contributed by atoms with Crippen molar-refractivity contribution in [2.75, 3.05) is 0 Å². The summed E-state index contributed by atoms with van der Waals surface area (Å²) in [4.78, 5) is 12.4. The number of ketones is 1. The largest absolute Gasteiger partial charge is 0.294 e. The van der Waals surface area contributed by atoms with Gasteiger partial charge in [0.15, 0.2) is 5.78 Å². The van der Waals surface area contributed by atoms with E-state index >= 15 is 0 Å². The molecule has 1 aromatic carbocycles. The number of aryl methyl sites for hydroxylation is 1. The van der Waals surface area contributed by atoms with Crippen molar-refractivity contribution in [3.05, 3.63) is 47.0 Å². The maximum absolute atomic E-state index is 12.4. The number of hydrogen-bond acceptors (Lipinski definition) is 1. The van der Waals surface area contributed by atoms with Gasteiger partial charge in [0, 0.05) is 17.4 Å². The average Bonchev–Trinajstić information content (AvgIpc) is 3.05. The highest BCUT2D eigenvalue weighted by molar-refractivity contribution is 5.99. The molecule has 3 unspecified atom stereocenters. The smallest absolute Gasteiger partial charge is 0.163 e. The summed E-state index contributed by atoms with van der Waals surface area (Å²) in [6.45, 7) is 2.20. The molecular weight excluding hydrogens is 244 g/mol. The summed E-state index contributed by atoms with van der Waals surface area (Å²) < 4.78 is 0. The lowest BCUT2D eigenvalue weighted by Crippen LogP contribution is -2.37. The Morgan fingerprint density at radius 2 is 2.20 bits per heavy atom. The fourth-order valence-electron chi connectivity index (χ4n) is 4.86. The molecule has 0 N–H and O–H groups in total. The Hall–Kier alpha value is -1.37. The van der Waals surface area contributed by atoms with Crippen molar-refractivity contribution in [2.45, 2.75) is 50.9 Å². The lowest BCUT2D eigenvalue weighted by atomic mass is 9.62. The molecule has 20 heavy (non-hydrogen) atoms. The minimum Gasteiger partial charge on any atom is -0.294 e. The molecule has 3 aliphatic rings. The van der Waals surface area contributed by atoms with Crippen molar-refractivity contribution in [3.8, 4) is 0 Å². The third kappa shape index (κ3) is 1.58. The molecule has 0 heterocycles. The molecule has 4 rings (SSSR count). The molecule has 0 radical (unpaired) electrons. The van der Waals surface area contributed by atoms with Crippen molar-refractivity contribution >= 4 is 5.78 Å². The molecule has 104 valence electrons. The standard InChI is InChI=1S/C19H22O/c1-2-3-13-5-7-17-16(11-13)18(20)8-9-19(17)12-14-4-6-15(19)10-14/h4-7,11,14-15H,2-3,8-10,12H2,1H3. The minimum atomic E-state index is 0.285. The van der Waals surface area contributed by atoms with Gasteiger partial charge in [-0.25, -0.2) is 0 Å². The molecule has 2 bridgehead atoms. The third-order valence-electron chi connectivity index (χ3n) is 5.77. The van der Waals surface area contributed by atoms with E-state index in [0.717, 1.165) is 37.2 Å². The van der Waals surface area contributed by atoms with Crippen LogP contribution < -0.4 is 0 Å². The van der Waals surface area contributed by atoms with Gasteiger partial charge in [-0.05, 0) is 54.7 Å². The molecule has 1 saturated carbocycles. The predicted molar refractivity (Wildman–Crippen MR) is 81.0 cm³/mol. The monoisotopic (exact) mass is 266 g/mol. The number of carbonyl (C=O) groups excluding carboxylic acids is 1. The van der Waals surface area contributed by atoms with Gasteiger partial charge in [0.05, 0.1) is 0 Å². The maximum atomic E-state index is 12.4. The van der Waals surface area contributed by atoms with E-state index < -0.39 is 0 Å². The second-order valence-electron chi connectivity index (χ2n) is 6.90. The lowest BCUT2D eigenvalue weighted by Gasteiger charge is -2.40. The van der Waals surface area contributed by atoms with Crippen LogP contribution in [-0.2, 0) is 11.8 Å². The third-order valence-corrected chi connectivity index (χ3v) is 5.77. The summed E-state index contributed by atoms with van der Waals surface area (Å²) in [6.07, 6.45) is 11.4. The van der Waals surface area contributed by atoms with E-state index in [0.29, 0.717) is 11.7 Å². The Morgan fingerprint density at radius 3 is 2.90 bits per heavy atom. The number of rotatable bonds is 2. The van der Waals surface area contributed by atoms with Crippen molar-refractivity contribution in [1.82, 2.24) is 0 Å². The van der Waals surface area contributed by atoms with Gasteiger partial charge in [0.1, 0.15) is 0 Å². The first-order valence-electron chi connectivity index (χ1n) is 8.08. The van der Waals surface area contributed by atoms with Crippen molar-refractivity contribution in [1.29, 1.82) is 0 Å². The van der Waals surface area contributed by atoms with Gasteiger partial charge in [0.2, 0.25) is 0 Å². The van der Waals surface area contributed by atoms with Gasteiger partial charge in [0.25, 0.3) is 0 Å². The van der Waals surface area contributed by atoms with E-state index in [1.54, 1.807) is 0 Å². The molecule has 0 aliphatic heterocycles. The van der Waals surface area contributed by atoms with Crippen molar-refractivity contribution in [2.24, 2.45) is 11.8 Å². The Labute approximate surface area is 121 Å². The van der Waals surface area contributed by atoms with Crippen LogP contribution in [0, 0.1) is 11.8 Å². The topological polar surface area (TPSA) is 17.1 Å². The van der Waals surface area contributed by atoms with Crippen LogP contribution >= 0.6 is 0 Å². The van der Waals surface area contributed by atoms with Gasteiger partial charge >= 0.3 is 0 Å². The number of fused-ring (bicyclic) bond motifs is 5. The van der Waals surface area contributed by atoms with Crippen molar-refractivity contribution < 1.29 is 4.79 Å². The lowest BCUT2D eigenvalue weighted by molar-refractivity contribution is 0.0943. The predicted octanol–water partition coefficient (Wildman–Crippen LogP) is 4.45. The fraction of sp³-hybridized carbons (Fsp3) is 0.526. The van der Waals surface area contributed by atoms with Crippen LogP contribution in [0.3, 0.4) is 0 Å². The highest BCUT2D eigenvalue weighted by atomic mass is 16.1. The molecule has 3 aliphatic carbocycles. The van der Waals surface area contributed by atoms with Gasteiger partial charge in [-0.3, -0.25) is 4.79 Å². The molecule has 0 saturated heterocycles. The highest BCUT2D eigenvalue weighted by Gasteiger charge is 2.51. The Balaban J connectivity index is 1.82. The molecule has 3 atom stereocenters. The van der Waals surface area contributed by atoms with Gasteiger partial charge in [-0.15, -0.1) is 0 Å². The zero-order valence-corrected chi connectivity index (χ0v) is 12.2. The molecule has 1 aromatic rings. The number of Topliss-reactive ketones (excluding diaryl/α,β-unsaturated/α-hetero) is 1. The number of benzene rings is 1. The summed E-state index contributed by atoms with van der Waals surface area (Å²) in [5.74, 6) is 1.81. The molecule has 1 nitrogen and oxygen atoms in total. The molecule has 0 aromatic heterocycles. The Morgan fingerprint density at radius 1 is 1.30 bits per heavy atom. The van der Waals surface area contributed by atoms with Crippen LogP contribution in [-0.4, -0.2) is 5.78 Å². The normalized spacial score (nSPS) is 34.0. The van der Waals surface area contributed by atoms with Crippen LogP contribution in [0.25, 0.3) is 0 Å². The Kier molecular flexibility index (Phi) is 2.67. The number of carbonyl (C=O) groups is 1. The van der Waals surface area contributed by atoms with E-state index in [2.05, 4.69) is 37.3 Å². The highest BCUT2D eigenvalue weighted by Crippen LogP contribution is 2.58. The fourth-order valence-corrected chi connectivity index (χ4v) is 4.86. The summed E-state index contributed by atoms with van der Waals surface area (Å²) in [5.41, 5.74) is 4.02. The van der Waals surface area contributed by atoms with Gasteiger partial charge < -0.3 is 0 Å². The number of allylic oxidation sites excluding steroid dienone is 2. The summed E-state index contributed by atoms with van der Waals surface area (Å²) >= 11 is 0. The Bertz CT molecular complexity index is 598. The van der Waals surface area contributed by atoms with E-state index in [4.69, 9.17) is 0 Å². The van der Waals surface area contributed by atoms with E-state index in [1.807, 2.05) is 0 Å². The van der Waals surface area contributed by atoms with Crippen LogP contribution in [0.2, 0.25) is 0 Å². The van der Waals surface area contributed by atoms with Gasteiger partial charge in [-0.1, -0.05) is 37.6 Å². The van der Waals surface area contributed by atoms with E-state index in [9.17, 15) is 4.79 Å². The summed E-state index contributed by atoms with van der Waals surface area (Å²) in [6, 6.07) is 6.74. The van der Waals surface area contributed by atoms with Crippen LogP contribution in [0.4, 0.5) is 0 Å². The first kappa shape index (κ1) is 12.4. The van der Waals surface area contributed by atoms with Crippen LogP contribution in [0.1, 0.15) is 60.5 Å². The minimum absolute atomic E-state index is 0.285. The quantitative estimate of drug-likeness (QED) is 0.723. The maximum Gasteiger partial charge on any atom is 0.163 e. The first-order valence-corrected chi connectivity index (χ1v) is 8.08. The number of hydrogen-bond donors (Lipinski definition) is 0. The van der Waals surface area contributed by atoms with Crippen LogP contribution in [0.5, 0.6) is 0 Å². The van der Waals surface area contributed by atoms with E-state index in [1.165, 1.54) is 24.0 Å². The molecule has 0 amide bonds. The van der Waals surface area contributed by atoms with E-state index in [-0.39, 0.29) is 5.41 Å². The summed E-state index contributed by atoms with van der Waals surface area (Å²) in [5, 5.41) is 0. The van der Waals surface area contributed by atoms with Crippen molar-refractivity contribution in [3.63, 3.8) is 0 Å². The first-order chi connectivity index (χ1) is 9.73. The zero-order chi connectivity index (χ0) is 13.7. The van der Waals surface area contributed by atoms with Crippen LogP contribution in [0.15, 0.2) is 30.4 Å². The second kappa shape index (κ2) is 4.31. The van der Waals surface area contributed by atoms with Gasteiger partial charge in [-0.2, -0.15) is 0 Å². The molecular formula is C19H22O. The summed E-state index contributed by atoms with van der Waals surface area (Å²) in [7, 11) is 0. The SMILES string of the molecule is CCCc1ccc2c(c1)C(=O)CCC21CC2C=CC1C2. The second-order valence-corrected chi connectivity index (χ2v) is 6.90. The molecule has 1 heteroatoms. The average molecular weight is 266 g/mol. The zero-order valence-electron chi connectivity index (χ0n) is 12.2. The molecule has 1 spiro atoms.